The maximum Gasteiger partial charge on any atom is 0.495 e. The molecule has 0 radical (unpaired) electrons. The summed E-state index contributed by atoms with van der Waals surface area (Å²) in [4.78, 5) is 50.3. The number of fused-ring (bicyclic) bond motifs is 6. The van der Waals surface area contributed by atoms with Crippen molar-refractivity contribution in [3.05, 3.63) is 199 Å². The highest BCUT2D eigenvalue weighted by atomic mass is 79.9. The minimum absolute atomic E-state index is 0.113. The van der Waals surface area contributed by atoms with Gasteiger partial charge in [-0.15, -0.1) is 0 Å². The topological polar surface area (TPSA) is 179 Å². The summed E-state index contributed by atoms with van der Waals surface area (Å²) in [6.07, 6.45) is 5.36. The molecule has 0 aromatic heterocycles. The molecule has 0 bridgehead atoms. The Kier molecular flexibility index (Phi) is 21.6. The fraction of sp³-hybridized carbons (Fsp3) is 0.420. The number of halogens is 9. The molecule has 13 nitrogen and oxygen atoms in total. The van der Waals surface area contributed by atoms with Gasteiger partial charge in [0.2, 0.25) is 0 Å². The van der Waals surface area contributed by atoms with Crippen LogP contribution in [0, 0.1) is 29.1 Å². The van der Waals surface area contributed by atoms with Crippen molar-refractivity contribution < 1.29 is 65.0 Å². The SMILES string of the molecule is CC(C)(C)OC(=O)N[C@@H]1CCc2c(B3OC(C)(C)C(C)(C)O3)ccc(F)c21.CC(C)(C)OC(=O)N[C@@H]1CCc2c(Br)ccc(F)c21.N[C@@H]1CCc2c(Br)ccc(F)c21.O=C1c2ccccc2C(=O)N1[C@@H]1CCc2c(Br)ccc(F)c21.O[C@H]1CCc2c(Br)ccc(F)c21. The number of carbonyl (C=O) groups excluding carboxylic acids is 4. The van der Waals surface area contributed by atoms with Crippen LogP contribution in [0.1, 0.15) is 208 Å². The monoisotopic (exact) mass is 1520 g/mol. The summed E-state index contributed by atoms with van der Waals surface area (Å²) in [5, 5.41) is 15.0. The van der Waals surface area contributed by atoms with Crippen LogP contribution >= 0.6 is 63.7 Å². The maximum absolute atomic E-state index is 14.6. The lowest BCUT2D eigenvalue weighted by molar-refractivity contribution is 0.00578. The summed E-state index contributed by atoms with van der Waals surface area (Å²) >= 11 is 13.6. The number of benzene rings is 6. The van der Waals surface area contributed by atoms with E-state index < -0.39 is 59.9 Å². The van der Waals surface area contributed by atoms with Crippen molar-refractivity contribution in [2.24, 2.45) is 5.73 Å². The van der Waals surface area contributed by atoms with Gasteiger partial charge in [-0.1, -0.05) is 81.9 Å². The lowest BCUT2D eigenvalue weighted by Gasteiger charge is -2.32. The zero-order valence-corrected chi connectivity index (χ0v) is 59.1. The number of nitrogens with two attached hydrogens (primary N) is 1. The highest BCUT2D eigenvalue weighted by Crippen LogP contribution is 2.45. The molecule has 7 aliphatic rings. The maximum atomic E-state index is 14.6. The molecule has 2 aliphatic heterocycles. The minimum Gasteiger partial charge on any atom is -0.444 e. The Morgan fingerprint density at radius 1 is 0.533 bits per heavy atom. The summed E-state index contributed by atoms with van der Waals surface area (Å²) in [5.74, 6) is -2.11. The highest BCUT2D eigenvalue weighted by molar-refractivity contribution is 9.11. The molecule has 6 aromatic rings. The first-order valence-electron chi connectivity index (χ1n) is 30.5. The number of aliphatic hydroxyl groups is 1. The van der Waals surface area contributed by atoms with E-state index in [1.807, 2.05) is 27.7 Å². The van der Waals surface area contributed by atoms with E-state index in [4.69, 9.17) is 24.5 Å². The van der Waals surface area contributed by atoms with Gasteiger partial charge in [-0.3, -0.25) is 14.5 Å². The molecular weight excluding hydrogens is 1450 g/mol. The average Bonchev–Trinajstić information content (AvgIpc) is 1.60. The quantitative estimate of drug-likeness (QED) is 0.0754. The number of aliphatic hydroxyl groups excluding tert-OH is 1. The fourth-order valence-electron chi connectivity index (χ4n) is 12.6. The van der Waals surface area contributed by atoms with Crippen LogP contribution in [0.2, 0.25) is 0 Å². The van der Waals surface area contributed by atoms with E-state index in [0.29, 0.717) is 77.5 Å². The van der Waals surface area contributed by atoms with E-state index in [0.717, 1.165) is 76.9 Å². The van der Waals surface area contributed by atoms with Gasteiger partial charge in [-0.05, 0) is 233 Å². The lowest BCUT2D eigenvalue weighted by Crippen LogP contribution is -2.41. The summed E-state index contributed by atoms with van der Waals surface area (Å²) in [7, 11) is -0.551. The van der Waals surface area contributed by atoms with E-state index in [2.05, 4.69) is 74.4 Å². The molecule has 5 N–H and O–H groups in total. The van der Waals surface area contributed by atoms with Gasteiger partial charge >= 0.3 is 19.3 Å². The van der Waals surface area contributed by atoms with Crippen molar-refractivity contribution in [1.29, 1.82) is 0 Å². The standard InChI is InChI=1S/C20H29BFNO4.C17H11BrFNO2.C14H17BrFNO2.C9H9BrFN.C9H8BrFO/c1-18(2,3)25-17(24)23-15-11-8-12-13(9-10-14(22)16(12)15)21-26-19(4,5)20(6,7)27-21;18-12-6-7-13(19)15-11(12)5-8-14(15)20-16(21)9-3-1-2-4-10(9)17(20)22;1-14(2,3)19-13(18)17-11-7-4-8-9(15)5-6-10(16)12(8)11;2*10-6-2-3-7(11)9-5(6)1-4-8(9)12/h9-10,15H,8,11H2,1-7H3,(H,23,24);1-4,6-7,14H,5,8H2;5-6,11H,4,7H2,1-3H3,(H,17,18);2-3,8H,1,4,12H2;2-3,8,12H,1,4H2/t15-;14-;11-;2*8-/m11110/s1. The van der Waals surface area contributed by atoms with Crippen LogP contribution in [-0.2, 0) is 50.9 Å². The normalized spacial score (nSPS) is 20.7. The first kappa shape index (κ1) is 70.8. The molecule has 0 saturated carbocycles. The molecule has 0 spiro atoms. The lowest BCUT2D eigenvalue weighted by atomic mass is 9.75. The molecule has 5 atom stereocenters. The Hall–Kier alpha value is -5.53. The molecule has 6 aromatic carbocycles. The predicted molar refractivity (Wildman–Crippen MR) is 356 cm³/mol. The molecule has 490 valence electrons. The third-order valence-corrected chi connectivity index (χ3v) is 20.5. The van der Waals surface area contributed by atoms with Gasteiger partial charge in [0, 0.05) is 51.7 Å². The second-order valence-corrected chi connectivity index (χ2v) is 30.0. The van der Waals surface area contributed by atoms with Crippen LogP contribution < -0.4 is 21.8 Å². The summed E-state index contributed by atoms with van der Waals surface area (Å²) in [6.45, 7) is 18.7. The molecule has 13 rings (SSSR count). The van der Waals surface area contributed by atoms with Crippen LogP contribution in [0.25, 0.3) is 0 Å². The minimum atomic E-state index is -0.613. The van der Waals surface area contributed by atoms with Crippen LogP contribution in [-0.4, -0.2) is 63.5 Å². The van der Waals surface area contributed by atoms with Gasteiger partial charge in [0.1, 0.15) is 40.3 Å². The van der Waals surface area contributed by atoms with Crippen molar-refractivity contribution >= 4 is 100 Å². The molecule has 5 aliphatic carbocycles. The van der Waals surface area contributed by atoms with Crippen LogP contribution in [0.4, 0.5) is 31.5 Å². The van der Waals surface area contributed by atoms with Crippen LogP contribution in [0.15, 0.2) is 103 Å². The second kappa shape index (κ2) is 28.0. The number of hydrogen-bond donors (Lipinski definition) is 4. The van der Waals surface area contributed by atoms with Crippen molar-refractivity contribution in [3.8, 4) is 0 Å². The fourth-order valence-corrected chi connectivity index (χ4v) is 14.7. The third-order valence-electron chi connectivity index (χ3n) is 17.5. The van der Waals surface area contributed by atoms with E-state index in [1.54, 1.807) is 96.1 Å². The first-order chi connectivity index (χ1) is 43.1. The zero-order valence-electron chi connectivity index (χ0n) is 52.8. The van der Waals surface area contributed by atoms with Crippen molar-refractivity contribution in [1.82, 2.24) is 15.5 Å². The predicted octanol–water partition coefficient (Wildman–Crippen LogP) is 16.7. The molecule has 23 heteroatoms. The van der Waals surface area contributed by atoms with Gasteiger partial charge in [-0.2, -0.15) is 0 Å². The molecule has 92 heavy (non-hydrogen) atoms. The molecule has 2 heterocycles. The van der Waals surface area contributed by atoms with E-state index in [-0.39, 0.29) is 53.0 Å². The smallest absolute Gasteiger partial charge is 0.444 e. The van der Waals surface area contributed by atoms with Crippen molar-refractivity contribution in [3.63, 3.8) is 0 Å². The van der Waals surface area contributed by atoms with Gasteiger partial charge in [0.25, 0.3) is 11.8 Å². The van der Waals surface area contributed by atoms with Gasteiger partial charge in [0.15, 0.2) is 0 Å². The molecule has 1 saturated heterocycles. The Morgan fingerprint density at radius 2 is 0.891 bits per heavy atom. The van der Waals surface area contributed by atoms with E-state index in [1.165, 1.54) is 35.2 Å². The summed E-state index contributed by atoms with van der Waals surface area (Å²) in [5.41, 5.74) is 12.6. The number of nitrogens with one attached hydrogen (secondary N) is 2. The number of rotatable bonds is 4. The number of amides is 4. The average molecular weight is 1530 g/mol. The largest absolute Gasteiger partial charge is 0.495 e. The molecule has 4 amide bonds. The van der Waals surface area contributed by atoms with Crippen molar-refractivity contribution in [2.75, 3.05) is 0 Å². The zero-order chi connectivity index (χ0) is 67.3. The summed E-state index contributed by atoms with van der Waals surface area (Å²) in [6, 6.07) is 21.0. The summed E-state index contributed by atoms with van der Waals surface area (Å²) < 4.78 is 95.6. The van der Waals surface area contributed by atoms with Gasteiger partial charge < -0.3 is 40.3 Å². The Labute approximate surface area is 567 Å². The number of carbonyl (C=O) groups is 4. The van der Waals surface area contributed by atoms with Crippen LogP contribution in [0.3, 0.4) is 0 Å². The molecule has 0 unspecified atom stereocenters. The molecule has 1 fully saturated rings. The third kappa shape index (κ3) is 15.2. The Balaban J connectivity index is 0.000000140. The number of ether oxygens (including phenoxy) is 2. The van der Waals surface area contributed by atoms with Gasteiger partial charge in [-0.25, -0.2) is 31.5 Å². The second-order valence-electron chi connectivity index (χ2n) is 26.6. The number of imide groups is 1. The first-order valence-corrected chi connectivity index (χ1v) is 33.7. The molecular formula is C69H74BBr4F5N4O9. The Bertz CT molecular complexity index is 3750. The van der Waals surface area contributed by atoms with Crippen LogP contribution in [0.5, 0.6) is 0 Å². The number of hydrogen-bond acceptors (Lipinski definition) is 10. The van der Waals surface area contributed by atoms with E-state index in [9.17, 15) is 46.2 Å². The van der Waals surface area contributed by atoms with Gasteiger partial charge in [0.05, 0.1) is 46.6 Å². The highest BCUT2D eigenvalue weighted by Gasteiger charge is 2.53. The van der Waals surface area contributed by atoms with Crippen molar-refractivity contribution in [2.45, 2.75) is 186 Å². The van der Waals surface area contributed by atoms with E-state index >= 15 is 0 Å². The number of nitrogens with zero attached hydrogens (tertiary/aromatic N) is 1. The Morgan fingerprint density at radius 3 is 1.35 bits per heavy atom. The number of alkyl carbamates (subject to hydrolysis) is 2.